The Labute approximate surface area is 115 Å². The van der Waals surface area contributed by atoms with Crippen LogP contribution < -0.4 is 0 Å². The Bertz CT molecular complexity index is 430. The number of rotatable bonds is 2. The van der Waals surface area contributed by atoms with E-state index in [4.69, 9.17) is 0 Å². The minimum atomic E-state index is -0.406. The molecule has 1 aliphatic rings. The van der Waals surface area contributed by atoms with Gasteiger partial charge < -0.3 is 4.90 Å². The van der Waals surface area contributed by atoms with Gasteiger partial charge >= 0.3 is 0 Å². The molecule has 0 saturated carbocycles. The molecule has 1 amide bonds. The number of amides is 1. The normalized spacial score (nSPS) is 20.9. The average molecular weight is 317 g/mol. The molecule has 17 heavy (non-hydrogen) atoms. The molecule has 1 aliphatic heterocycles. The lowest BCUT2D eigenvalue weighted by atomic mass is 9.98. The van der Waals surface area contributed by atoms with Gasteiger partial charge in [0, 0.05) is 36.0 Å². The second-order valence-corrected chi connectivity index (χ2v) is 6.75. The number of hydrogen-bond donors (Lipinski definition) is 0. The number of halogens is 1. The van der Waals surface area contributed by atoms with E-state index in [2.05, 4.69) is 32.3 Å². The van der Waals surface area contributed by atoms with E-state index in [0.717, 1.165) is 24.1 Å². The van der Waals surface area contributed by atoms with Crippen molar-refractivity contribution in [3.05, 3.63) is 20.8 Å². The third kappa shape index (κ3) is 2.41. The molecule has 3 nitrogen and oxygen atoms in total. The van der Waals surface area contributed by atoms with E-state index in [0.29, 0.717) is 0 Å². The van der Waals surface area contributed by atoms with Gasteiger partial charge in [0.15, 0.2) is 0 Å². The minimum absolute atomic E-state index is 0.205. The average Bonchev–Trinajstić information content (AvgIpc) is 2.66. The Morgan fingerprint density at radius 2 is 2.18 bits per heavy atom. The first-order chi connectivity index (χ1) is 7.93. The van der Waals surface area contributed by atoms with E-state index in [1.165, 1.54) is 4.88 Å². The minimum Gasteiger partial charge on any atom is -0.343 e. The molecule has 0 aromatic carbocycles. The fourth-order valence-corrected chi connectivity index (χ4v) is 3.63. The van der Waals surface area contributed by atoms with Crippen molar-refractivity contribution in [2.75, 3.05) is 20.1 Å². The van der Waals surface area contributed by atoms with E-state index in [-0.39, 0.29) is 5.91 Å². The maximum absolute atomic E-state index is 12.1. The van der Waals surface area contributed by atoms with Gasteiger partial charge in [-0.25, -0.2) is 0 Å². The summed E-state index contributed by atoms with van der Waals surface area (Å²) >= 11 is 5.28. The van der Waals surface area contributed by atoms with Gasteiger partial charge in [-0.3, -0.25) is 9.69 Å². The zero-order valence-electron chi connectivity index (χ0n) is 10.4. The van der Waals surface area contributed by atoms with E-state index in [1.54, 1.807) is 11.3 Å². The third-order valence-electron chi connectivity index (χ3n) is 3.39. The molecule has 5 heteroatoms. The Morgan fingerprint density at radius 1 is 1.47 bits per heavy atom. The summed E-state index contributed by atoms with van der Waals surface area (Å²) in [7, 11) is 1.88. The van der Waals surface area contributed by atoms with Crippen LogP contribution in [-0.2, 0) is 11.3 Å². The Kier molecular flexibility index (Phi) is 3.61. The summed E-state index contributed by atoms with van der Waals surface area (Å²) in [6, 6.07) is 2.06. The van der Waals surface area contributed by atoms with Gasteiger partial charge in [0.05, 0.1) is 5.54 Å². The predicted octanol–water partition coefficient (Wildman–Crippen LogP) is 2.56. The van der Waals surface area contributed by atoms with Crippen LogP contribution >= 0.6 is 27.3 Å². The molecule has 2 heterocycles. The first-order valence-corrected chi connectivity index (χ1v) is 7.32. The fraction of sp³-hybridized carbons (Fsp3) is 0.583. The van der Waals surface area contributed by atoms with Crippen molar-refractivity contribution >= 4 is 33.2 Å². The summed E-state index contributed by atoms with van der Waals surface area (Å²) in [5.41, 5.74) is -0.406. The van der Waals surface area contributed by atoms with Crippen LogP contribution in [0, 0.1) is 0 Å². The van der Waals surface area contributed by atoms with E-state index < -0.39 is 5.54 Å². The van der Waals surface area contributed by atoms with Gasteiger partial charge in [0.1, 0.15) is 0 Å². The summed E-state index contributed by atoms with van der Waals surface area (Å²) in [5, 5.41) is 2.07. The summed E-state index contributed by atoms with van der Waals surface area (Å²) < 4.78 is 1.14. The number of carbonyl (C=O) groups excluding carboxylic acids is 1. The van der Waals surface area contributed by atoms with Gasteiger partial charge in [0.2, 0.25) is 5.91 Å². The molecular weight excluding hydrogens is 300 g/mol. The highest BCUT2D eigenvalue weighted by Gasteiger charge is 2.40. The fourth-order valence-electron chi connectivity index (χ4n) is 2.14. The molecule has 1 fully saturated rings. The molecule has 1 aromatic rings. The van der Waals surface area contributed by atoms with Crippen LogP contribution in [0.2, 0.25) is 0 Å². The predicted molar refractivity (Wildman–Crippen MR) is 74.1 cm³/mol. The van der Waals surface area contributed by atoms with Crippen LogP contribution in [0.15, 0.2) is 15.9 Å². The molecule has 1 saturated heterocycles. The van der Waals surface area contributed by atoms with Crippen LogP contribution in [-0.4, -0.2) is 41.4 Å². The molecule has 1 aromatic heterocycles. The SMILES string of the molecule is CN1CCN(Cc2sccc2Br)C(C)(C)C1=O. The molecule has 0 radical (unpaired) electrons. The standard InChI is InChI=1S/C12H17BrN2OS/c1-12(2)11(16)14(3)5-6-15(12)8-10-9(13)4-7-17-10/h4,7H,5-6,8H2,1-3H3. The molecule has 0 spiro atoms. The molecule has 0 aliphatic carbocycles. The summed E-state index contributed by atoms with van der Waals surface area (Å²) in [4.78, 5) is 17.5. The van der Waals surface area contributed by atoms with Crippen LogP contribution in [0.4, 0.5) is 0 Å². The maximum Gasteiger partial charge on any atom is 0.242 e. The highest BCUT2D eigenvalue weighted by molar-refractivity contribution is 9.10. The van der Waals surface area contributed by atoms with Gasteiger partial charge in [-0.2, -0.15) is 0 Å². The molecule has 0 unspecified atom stereocenters. The number of piperazine rings is 1. The van der Waals surface area contributed by atoms with E-state index >= 15 is 0 Å². The van der Waals surface area contributed by atoms with E-state index in [9.17, 15) is 4.79 Å². The number of thiophene rings is 1. The Balaban J connectivity index is 2.17. The van der Waals surface area contributed by atoms with Crippen molar-refractivity contribution in [1.29, 1.82) is 0 Å². The first-order valence-electron chi connectivity index (χ1n) is 5.65. The highest BCUT2D eigenvalue weighted by atomic mass is 79.9. The van der Waals surface area contributed by atoms with Crippen LogP contribution in [0.1, 0.15) is 18.7 Å². The zero-order valence-corrected chi connectivity index (χ0v) is 12.8. The van der Waals surface area contributed by atoms with Gasteiger partial charge in [-0.15, -0.1) is 11.3 Å². The number of carbonyl (C=O) groups is 1. The lowest BCUT2D eigenvalue weighted by Gasteiger charge is -2.44. The molecule has 94 valence electrons. The third-order valence-corrected chi connectivity index (χ3v) is 5.30. The molecule has 0 bridgehead atoms. The number of likely N-dealkylation sites (N-methyl/N-ethyl adjacent to an activating group) is 1. The van der Waals surface area contributed by atoms with Gasteiger partial charge in [0.25, 0.3) is 0 Å². The lowest BCUT2D eigenvalue weighted by molar-refractivity contribution is -0.147. The van der Waals surface area contributed by atoms with E-state index in [1.807, 2.05) is 25.8 Å². The van der Waals surface area contributed by atoms with Crippen molar-refractivity contribution in [2.45, 2.75) is 25.9 Å². The highest BCUT2D eigenvalue weighted by Crippen LogP contribution is 2.29. The van der Waals surface area contributed by atoms with Gasteiger partial charge in [-0.1, -0.05) is 0 Å². The Morgan fingerprint density at radius 3 is 2.76 bits per heavy atom. The van der Waals surface area contributed by atoms with Crippen molar-refractivity contribution in [1.82, 2.24) is 9.80 Å². The van der Waals surface area contributed by atoms with Gasteiger partial charge in [-0.05, 0) is 41.2 Å². The molecule has 0 atom stereocenters. The number of hydrogen-bond acceptors (Lipinski definition) is 3. The van der Waals surface area contributed by atoms with Crippen LogP contribution in [0.25, 0.3) is 0 Å². The maximum atomic E-state index is 12.1. The summed E-state index contributed by atoms with van der Waals surface area (Å²) in [6.45, 7) is 6.59. The zero-order chi connectivity index (χ0) is 12.6. The van der Waals surface area contributed by atoms with Crippen molar-refractivity contribution in [2.24, 2.45) is 0 Å². The molecule has 2 rings (SSSR count). The first kappa shape index (κ1) is 13.1. The second kappa shape index (κ2) is 4.71. The topological polar surface area (TPSA) is 23.6 Å². The quantitative estimate of drug-likeness (QED) is 0.837. The van der Waals surface area contributed by atoms with Crippen molar-refractivity contribution in [3.63, 3.8) is 0 Å². The van der Waals surface area contributed by atoms with Crippen molar-refractivity contribution in [3.8, 4) is 0 Å². The second-order valence-electron chi connectivity index (χ2n) is 4.90. The smallest absolute Gasteiger partial charge is 0.242 e. The molecule has 0 N–H and O–H groups in total. The van der Waals surface area contributed by atoms with Crippen LogP contribution in [0.3, 0.4) is 0 Å². The lowest BCUT2D eigenvalue weighted by Crippen LogP contribution is -2.61. The monoisotopic (exact) mass is 316 g/mol. The van der Waals surface area contributed by atoms with Crippen molar-refractivity contribution < 1.29 is 4.79 Å². The molecular formula is C12H17BrN2OS. The van der Waals surface area contributed by atoms with Crippen LogP contribution in [0.5, 0.6) is 0 Å². The summed E-state index contributed by atoms with van der Waals surface area (Å²) in [6.07, 6.45) is 0. The summed E-state index contributed by atoms with van der Waals surface area (Å²) in [5.74, 6) is 0.205. The largest absolute Gasteiger partial charge is 0.343 e. The number of nitrogens with zero attached hydrogens (tertiary/aromatic N) is 2. The Hall–Kier alpha value is -0.390.